The number of carbonyl (C=O) groups excluding carboxylic acids is 1. The van der Waals surface area contributed by atoms with E-state index in [2.05, 4.69) is 0 Å². The largest absolute Gasteiger partial charge is 0.479 e. The van der Waals surface area contributed by atoms with E-state index < -0.39 is 17.9 Å². The topological polar surface area (TPSA) is 83.8 Å². The van der Waals surface area contributed by atoms with Gasteiger partial charge in [0.15, 0.2) is 5.78 Å². The minimum atomic E-state index is -1.97. The molecule has 0 saturated heterocycles. The van der Waals surface area contributed by atoms with Crippen LogP contribution in [-0.4, -0.2) is 40.8 Å². The van der Waals surface area contributed by atoms with Crippen molar-refractivity contribution < 1.29 is 24.5 Å². The lowest BCUT2D eigenvalue weighted by Crippen LogP contribution is -2.33. The first-order valence-corrected chi connectivity index (χ1v) is 3.50. The molecule has 5 nitrogen and oxygen atoms in total. The Kier molecular flexibility index (Phi) is 4.46. The average molecular weight is 176 g/mol. The molecule has 0 fully saturated rings. The third-order valence-corrected chi connectivity index (χ3v) is 1.10. The molecule has 70 valence electrons. The van der Waals surface area contributed by atoms with Gasteiger partial charge in [0.05, 0.1) is 6.10 Å². The molecule has 0 saturated carbocycles. The number of aliphatic hydroxyl groups is 1. The van der Waals surface area contributed by atoms with E-state index in [1.807, 2.05) is 0 Å². The summed E-state index contributed by atoms with van der Waals surface area (Å²) in [4.78, 5) is 20.8. The lowest BCUT2D eigenvalue weighted by molar-refractivity contribution is -0.154. The fourth-order valence-electron chi connectivity index (χ4n) is 0.465. The highest BCUT2D eigenvalue weighted by Crippen LogP contribution is 1.92. The SMILES string of the molecule is CC(C)OCC(=O)C(O)C(=O)O. The zero-order valence-corrected chi connectivity index (χ0v) is 6.98. The summed E-state index contributed by atoms with van der Waals surface area (Å²) in [5, 5.41) is 16.9. The van der Waals surface area contributed by atoms with Gasteiger partial charge in [-0.2, -0.15) is 0 Å². The number of ketones is 1. The van der Waals surface area contributed by atoms with E-state index in [1.165, 1.54) is 0 Å². The fourth-order valence-corrected chi connectivity index (χ4v) is 0.465. The molecular formula is C7H12O5. The minimum Gasteiger partial charge on any atom is -0.479 e. The van der Waals surface area contributed by atoms with Gasteiger partial charge in [-0.25, -0.2) is 4.79 Å². The molecule has 0 heterocycles. The van der Waals surface area contributed by atoms with Crippen molar-refractivity contribution in [2.24, 2.45) is 0 Å². The summed E-state index contributed by atoms with van der Waals surface area (Å²) in [5.74, 6) is -2.39. The third-order valence-electron chi connectivity index (χ3n) is 1.10. The molecule has 5 heteroatoms. The minimum absolute atomic E-state index is 0.157. The van der Waals surface area contributed by atoms with Crippen molar-refractivity contribution >= 4 is 11.8 Å². The molecule has 0 spiro atoms. The van der Waals surface area contributed by atoms with Crippen molar-refractivity contribution in [3.05, 3.63) is 0 Å². The number of ether oxygens (including phenoxy) is 1. The van der Waals surface area contributed by atoms with Gasteiger partial charge in [0.2, 0.25) is 6.10 Å². The first kappa shape index (κ1) is 11.1. The number of Topliss-reactive ketones (excluding diaryl/α,β-unsaturated/α-hetero) is 1. The molecule has 0 rings (SSSR count). The number of aliphatic carboxylic acids is 1. The Morgan fingerprint density at radius 2 is 1.92 bits per heavy atom. The summed E-state index contributed by atoms with van der Waals surface area (Å²) in [6, 6.07) is 0. The van der Waals surface area contributed by atoms with E-state index >= 15 is 0 Å². The molecule has 2 N–H and O–H groups in total. The second-order valence-corrected chi connectivity index (χ2v) is 2.57. The number of hydrogen-bond acceptors (Lipinski definition) is 4. The van der Waals surface area contributed by atoms with Crippen LogP contribution in [0.4, 0.5) is 0 Å². The van der Waals surface area contributed by atoms with Crippen LogP contribution in [0, 0.1) is 0 Å². The van der Waals surface area contributed by atoms with E-state index in [1.54, 1.807) is 13.8 Å². The van der Waals surface area contributed by atoms with Crippen LogP contribution >= 0.6 is 0 Å². The molecule has 0 aromatic rings. The fraction of sp³-hybridized carbons (Fsp3) is 0.714. The smallest absolute Gasteiger partial charge is 0.340 e. The number of carbonyl (C=O) groups is 2. The van der Waals surface area contributed by atoms with E-state index in [-0.39, 0.29) is 12.7 Å². The molecule has 1 unspecified atom stereocenters. The zero-order valence-electron chi connectivity index (χ0n) is 6.98. The highest BCUT2D eigenvalue weighted by molar-refractivity contribution is 6.01. The quantitative estimate of drug-likeness (QED) is 0.548. The van der Waals surface area contributed by atoms with Gasteiger partial charge in [0.25, 0.3) is 0 Å². The summed E-state index contributed by atoms with van der Waals surface area (Å²) in [7, 11) is 0. The molecular weight excluding hydrogens is 164 g/mol. The molecule has 0 aliphatic carbocycles. The second kappa shape index (κ2) is 4.84. The van der Waals surface area contributed by atoms with Gasteiger partial charge in [0.1, 0.15) is 6.61 Å². The molecule has 0 aliphatic heterocycles. The molecule has 0 aromatic heterocycles. The van der Waals surface area contributed by atoms with E-state index in [9.17, 15) is 9.59 Å². The van der Waals surface area contributed by atoms with E-state index in [0.29, 0.717) is 0 Å². The Balaban J connectivity index is 3.80. The first-order chi connectivity index (χ1) is 5.45. The van der Waals surface area contributed by atoms with Crippen LogP contribution in [0.15, 0.2) is 0 Å². The summed E-state index contributed by atoms with van der Waals surface area (Å²) < 4.78 is 4.80. The van der Waals surface area contributed by atoms with Gasteiger partial charge in [-0.15, -0.1) is 0 Å². The van der Waals surface area contributed by atoms with Crippen molar-refractivity contribution in [1.29, 1.82) is 0 Å². The standard InChI is InChI=1S/C7H12O5/c1-4(2)12-3-5(8)6(9)7(10)11/h4,6,9H,3H2,1-2H3,(H,10,11). The van der Waals surface area contributed by atoms with Gasteiger partial charge < -0.3 is 14.9 Å². The van der Waals surface area contributed by atoms with Crippen LogP contribution in [0.1, 0.15) is 13.8 Å². The molecule has 1 atom stereocenters. The van der Waals surface area contributed by atoms with Gasteiger partial charge in [-0.1, -0.05) is 0 Å². The van der Waals surface area contributed by atoms with Crippen LogP contribution < -0.4 is 0 Å². The maximum Gasteiger partial charge on any atom is 0.340 e. The Morgan fingerprint density at radius 3 is 2.25 bits per heavy atom. The highest BCUT2D eigenvalue weighted by Gasteiger charge is 2.22. The summed E-state index contributed by atoms with van der Waals surface area (Å²) in [6.07, 6.45) is -2.13. The van der Waals surface area contributed by atoms with E-state index in [4.69, 9.17) is 14.9 Å². The van der Waals surface area contributed by atoms with E-state index in [0.717, 1.165) is 0 Å². The van der Waals surface area contributed by atoms with Crippen LogP contribution in [0.25, 0.3) is 0 Å². The Morgan fingerprint density at radius 1 is 1.42 bits per heavy atom. The zero-order chi connectivity index (χ0) is 9.72. The van der Waals surface area contributed by atoms with Crippen LogP contribution in [0.5, 0.6) is 0 Å². The number of aliphatic hydroxyl groups excluding tert-OH is 1. The molecule has 0 aromatic carbocycles. The van der Waals surface area contributed by atoms with Crippen molar-refractivity contribution in [1.82, 2.24) is 0 Å². The predicted octanol–water partition coefficient (Wildman–Crippen LogP) is -0.574. The van der Waals surface area contributed by atoms with Crippen molar-refractivity contribution in [2.45, 2.75) is 26.1 Å². The summed E-state index contributed by atoms with van der Waals surface area (Å²) in [5.41, 5.74) is 0. The van der Waals surface area contributed by atoms with Crippen molar-refractivity contribution in [3.63, 3.8) is 0 Å². The molecule has 0 radical (unpaired) electrons. The van der Waals surface area contributed by atoms with Crippen LogP contribution in [0.3, 0.4) is 0 Å². The monoisotopic (exact) mass is 176 g/mol. The van der Waals surface area contributed by atoms with Crippen LogP contribution in [0.2, 0.25) is 0 Å². The maximum absolute atomic E-state index is 10.7. The first-order valence-electron chi connectivity index (χ1n) is 3.50. The number of carboxylic acid groups (broad SMARTS) is 1. The Bertz CT molecular complexity index is 175. The molecule has 0 bridgehead atoms. The number of carboxylic acids is 1. The molecule has 0 amide bonds. The second-order valence-electron chi connectivity index (χ2n) is 2.57. The van der Waals surface area contributed by atoms with Gasteiger partial charge in [-0.3, -0.25) is 4.79 Å². The maximum atomic E-state index is 10.7. The molecule has 0 aliphatic rings. The number of hydrogen-bond donors (Lipinski definition) is 2. The van der Waals surface area contributed by atoms with Crippen molar-refractivity contribution in [2.75, 3.05) is 6.61 Å². The summed E-state index contributed by atoms with van der Waals surface area (Å²) >= 11 is 0. The lowest BCUT2D eigenvalue weighted by Gasteiger charge is -2.07. The lowest BCUT2D eigenvalue weighted by atomic mass is 10.2. The molecule has 12 heavy (non-hydrogen) atoms. The average Bonchev–Trinajstić information content (AvgIpc) is 1.98. The van der Waals surface area contributed by atoms with Crippen molar-refractivity contribution in [3.8, 4) is 0 Å². The highest BCUT2D eigenvalue weighted by atomic mass is 16.5. The predicted molar refractivity (Wildman–Crippen MR) is 39.7 cm³/mol. The van der Waals surface area contributed by atoms with Gasteiger partial charge in [-0.05, 0) is 13.8 Å². The van der Waals surface area contributed by atoms with Crippen LogP contribution in [-0.2, 0) is 14.3 Å². The van der Waals surface area contributed by atoms with Gasteiger partial charge >= 0.3 is 5.97 Å². The third kappa shape index (κ3) is 4.05. The Hall–Kier alpha value is -0.940. The normalized spacial score (nSPS) is 13.0. The number of rotatable bonds is 5. The summed E-state index contributed by atoms with van der Waals surface area (Å²) in [6.45, 7) is 3.05. The Labute approximate surface area is 70.0 Å². The van der Waals surface area contributed by atoms with Gasteiger partial charge in [0, 0.05) is 0 Å².